The van der Waals surface area contributed by atoms with Gasteiger partial charge in [-0.05, 0) is 55.8 Å². The van der Waals surface area contributed by atoms with E-state index in [1.54, 1.807) is 12.1 Å². The van der Waals surface area contributed by atoms with E-state index in [1.807, 2.05) is 13.8 Å². The number of carbonyl (C=O) groups is 2. The van der Waals surface area contributed by atoms with Crippen LogP contribution in [-0.4, -0.2) is 29.4 Å². The third kappa shape index (κ3) is 4.34. The first-order valence-corrected chi connectivity index (χ1v) is 8.52. The zero-order valence-electron chi connectivity index (χ0n) is 15.4. The van der Waals surface area contributed by atoms with Crippen molar-refractivity contribution in [3.8, 4) is 11.5 Å². The normalized spacial score (nSPS) is 14.8. The van der Waals surface area contributed by atoms with E-state index in [9.17, 15) is 27.9 Å². The highest BCUT2D eigenvalue weighted by Gasteiger charge is 2.40. The molecule has 0 aromatic heterocycles. The molecule has 2 amide bonds. The van der Waals surface area contributed by atoms with E-state index in [4.69, 9.17) is 4.74 Å². The maximum atomic E-state index is 12.7. The van der Waals surface area contributed by atoms with Gasteiger partial charge in [-0.2, -0.15) is 0 Å². The summed E-state index contributed by atoms with van der Waals surface area (Å²) in [5.41, 5.74) is 0.0917. The lowest BCUT2D eigenvalue weighted by atomic mass is 10.1. The lowest BCUT2D eigenvalue weighted by Crippen LogP contribution is -2.31. The van der Waals surface area contributed by atoms with Crippen molar-refractivity contribution in [2.45, 2.75) is 26.3 Å². The number of rotatable bonds is 5. The van der Waals surface area contributed by atoms with Crippen LogP contribution in [0.1, 0.15) is 19.4 Å². The number of amides is 2. The van der Waals surface area contributed by atoms with Crippen molar-refractivity contribution in [3.05, 3.63) is 59.9 Å². The van der Waals surface area contributed by atoms with Gasteiger partial charge in [0.05, 0.1) is 17.4 Å². The number of carbonyl (C=O) groups excluding carboxylic acids is 2. The second kappa shape index (κ2) is 7.50. The average Bonchev–Trinajstić information content (AvgIpc) is 2.84. The molecule has 0 atom stereocenters. The number of hydrogen-bond donors (Lipinski definition) is 1. The van der Waals surface area contributed by atoms with Crippen molar-refractivity contribution in [1.82, 2.24) is 0 Å². The summed E-state index contributed by atoms with van der Waals surface area (Å²) in [5, 5.41) is 10.2. The summed E-state index contributed by atoms with van der Waals surface area (Å²) in [6.07, 6.45) is -4.91. The Balaban J connectivity index is 1.85. The maximum absolute atomic E-state index is 12.7. The van der Waals surface area contributed by atoms with Crippen LogP contribution in [0.25, 0.3) is 5.57 Å². The number of benzene rings is 2. The molecule has 0 saturated heterocycles. The van der Waals surface area contributed by atoms with Gasteiger partial charge in [0.15, 0.2) is 5.76 Å². The number of aliphatic hydroxyl groups excluding tert-OH is 1. The lowest BCUT2D eigenvalue weighted by molar-refractivity contribution is -0.274. The molecule has 0 unspecified atom stereocenters. The largest absolute Gasteiger partial charge is 0.573 e. The molecule has 1 aliphatic rings. The summed E-state index contributed by atoms with van der Waals surface area (Å²) >= 11 is 0. The summed E-state index contributed by atoms with van der Waals surface area (Å²) in [6.45, 7) is 3.70. The van der Waals surface area contributed by atoms with Crippen molar-refractivity contribution in [1.29, 1.82) is 0 Å². The van der Waals surface area contributed by atoms with Crippen LogP contribution < -0.4 is 14.4 Å². The van der Waals surface area contributed by atoms with Gasteiger partial charge in [0.1, 0.15) is 11.5 Å². The Kier molecular flexibility index (Phi) is 5.23. The van der Waals surface area contributed by atoms with Gasteiger partial charge in [-0.3, -0.25) is 9.59 Å². The fourth-order valence-corrected chi connectivity index (χ4v) is 2.78. The smallest absolute Gasteiger partial charge is 0.502 e. The maximum Gasteiger partial charge on any atom is 0.573 e. The lowest BCUT2D eigenvalue weighted by Gasteiger charge is -2.16. The Labute approximate surface area is 163 Å². The van der Waals surface area contributed by atoms with Crippen molar-refractivity contribution in [2.24, 2.45) is 0 Å². The van der Waals surface area contributed by atoms with Gasteiger partial charge in [0.25, 0.3) is 5.91 Å². The first-order chi connectivity index (χ1) is 13.6. The standard InChI is InChI=1S/C20H16F3NO5/c1-11(2)28-14-7-3-12(4-8-14)16-17(25)19(27)24(18(16)26)13-5-9-15(10-6-13)29-20(21,22)23/h3-11,25H,1-2H3. The van der Waals surface area contributed by atoms with Crippen LogP contribution in [0.2, 0.25) is 0 Å². The summed E-state index contributed by atoms with van der Waals surface area (Å²) in [7, 11) is 0. The molecule has 0 spiro atoms. The number of ether oxygens (including phenoxy) is 2. The highest BCUT2D eigenvalue weighted by molar-refractivity contribution is 6.44. The van der Waals surface area contributed by atoms with Crippen LogP contribution in [0, 0.1) is 0 Å². The minimum atomic E-state index is -4.86. The van der Waals surface area contributed by atoms with Crippen molar-refractivity contribution >= 4 is 23.1 Å². The molecule has 6 nitrogen and oxygen atoms in total. The van der Waals surface area contributed by atoms with E-state index in [-0.39, 0.29) is 17.4 Å². The molecule has 1 N–H and O–H groups in total. The topological polar surface area (TPSA) is 76.1 Å². The Hall–Kier alpha value is -3.49. The SMILES string of the molecule is CC(C)Oc1ccc(C2=C(O)C(=O)N(c3ccc(OC(F)(F)F)cc3)C2=O)cc1. The summed E-state index contributed by atoms with van der Waals surface area (Å²) in [5.74, 6) is -2.47. The fourth-order valence-electron chi connectivity index (χ4n) is 2.78. The molecule has 29 heavy (non-hydrogen) atoms. The van der Waals surface area contributed by atoms with Gasteiger partial charge < -0.3 is 14.6 Å². The third-order valence-electron chi connectivity index (χ3n) is 3.90. The quantitative estimate of drug-likeness (QED) is 0.752. The van der Waals surface area contributed by atoms with E-state index >= 15 is 0 Å². The first-order valence-electron chi connectivity index (χ1n) is 8.52. The van der Waals surface area contributed by atoms with Crippen LogP contribution >= 0.6 is 0 Å². The van der Waals surface area contributed by atoms with Gasteiger partial charge in [0.2, 0.25) is 0 Å². The van der Waals surface area contributed by atoms with E-state index in [2.05, 4.69) is 4.74 Å². The Morgan fingerprint density at radius 2 is 1.45 bits per heavy atom. The molecule has 0 saturated carbocycles. The summed E-state index contributed by atoms with van der Waals surface area (Å²) in [4.78, 5) is 25.8. The molecule has 1 aliphatic heterocycles. The van der Waals surface area contributed by atoms with Crippen LogP contribution in [0.15, 0.2) is 54.3 Å². The number of halogens is 3. The van der Waals surface area contributed by atoms with E-state index < -0.39 is 29.7 Å². The monoisotopic (exact) mass is 407 g/mol. The molecule has 2 aromatic carbocycles. The second-order valence-corrected chi connectivity index (χ2v) is 6.40. The molecule has 2 aromatic rings. The molecule has 1 heterocycles. The first kappa shape index (κ1) is 20.2. The summed E-state index contributed by atoms with van der Waals surface area (Å²) in [6, 6.07) is 10.4. The molecule has 152 valence electrons. The van der Waals surface area contributed by atoms with Gasteiger partial charge in [-0.25, -0.2) is 4.90 Å². The predicted octanol–water partition coefficient (Wildman–Crippen LogP) is 4.21. The van der Waals surface area contributed by atoms with Gasteiger partial charge >= 0.3 is 12.3 Å². The highest BCUT2D eigenvalue weighted by atomic mass is 19.4. The zero-order valence-corrected chi connectivity index (χ0v) is 15.4. The van der Waals surface area contributed by atoms with Crippen LogP contribution in [-0.2, 0) is 9.59 Å². The Morgan fingerprint density at radius 3 is 1.97 bits per heavy atom. The average molecular weight is 407 g/mol. The van der Waals surface area contributed by atoms with Crippen LogP contribution in [0.3, 0.4) is 0 Å². The zero-order chi connectivity index (χ0) is 21.3. The molecule has 9 heteroatoms. The number of anilines is 1. The van der Waals surface area contributed by atoms with E-state index in [0.717, 1.165) is 24.3 Å². The van der Waals surface area contributed by atoms with Crippen molar-refractivity contribution in [3.63, 3.8) is 0 Å². The number of nitrogens with zero attached hydrogens (tertiary/aromatic N) is 1. The van der Waals surface area contributed by atoms with E-state index in [0.29, 0.717) is 16.2 Å². The second-order valence-electron chi connectivity index (χ2n) is 6.40. The number of imide groups is 1. The predicted molar refractivity (Wildman–Crippen MR) is 97.4 cm³/mol. The highest BCUT2D eigenvalue weighted by Crippen LogP contribution is 2.34. The molecule has 3 rings (SSSR count). The Bertz CT molecular complexity index is 963. The summed E-state index contributed by atoms with van der Waals surface area (Å²) < 4.78 is 46.1. The molecular weight excluding hydrogens is 391 g/mol. The van der Waals surface area contributed by atoms with Crippen molar-refractivity contribution in [2.75, 3.05) is 4.90 Å². The van der Waals surface area contributed by atoms with Crippen LogP contribution in [0.4, 0.5) is 18.9 Å². The number of hydrogen-bond acceptors (Lipinski definition) is 5. The minimum absolute atomic E-state index is 0.00386. The molecule has 0 fully saturated rings. The fraction of sp³-hybridized carbons (Fsp3) is 0.200. The van der Waals surface area contributed by atoms with Gasteiger partial charge in [-0.15, -0.1) is 13.2 Å². The number of alkyl halides is 3. The molecule has 0 bridgehead atoms. The third-order valence-corrected chi connectivity index (χ3v) is 3.90. The Morgan fingerprint density at radius 1 is 0.897 bits per heavy atom. The van der Waals surface area contributed by atoms with Gasteiger partial charge in [0, 0.05) is 0 Å². The van der Waals surface area contributed by atoms with Gasteiger partial charge in [-0.1, -0.05) is 12.1 Å². The van der Waals surface area contributed by atoms with Crippen LogP contribution in [0.5, 0.6) is 11.5 Å². The molecule has 0 radical (unpaired) electrons. The molecule has 0 aliphatic carbocycles. The minimum Gasteiger partial charge on any atom is -0.502 e. The van der Waals surface area contributed by atoms with Crippen molar-refractivity contribution < 1.29 is 37.3 Å². The van der Waals surface area contributed by atoms with E-state index in [1.165, 1.54) is 12.1 Å². The molecular formula is C20H16F3NO5. The number of aliphatic hydroxyl groups is 1.